The lowest BCUT2D eigenvalue weighted by Crippen LogP contribution is -2.44. The van der Waals surface area contributed by atoms with E-state index in [1.54, 1.807) is 0 Å². The first-order valence-corrected chi connectivity index (χ1v) is 20.1. The Morgan fingerprint density at radius 3 is 2.40 bits per heavy atom. The van der Waals surface area contributed by atoms with Gasteiger partial charge in [0.2, 0.25) is 0 Å². The van der Waals surface area contributed by atoms with E-state index >= 15 is 0 Å². The van der Waals surface area contributed by atoms with Gasteiger partial charge < -0.3 is 14.4 Å². The summed E-state index contributed by atoms with van der Waals surface area (Å²) in [6, 6.07) is 20.4. The average molecular weight is 694 g/mol. The first-order valence-electron chi connectivity index (χ1n) is 20.1. The maximum Gasteiger partial charge on any atom is 0.132 e. The Hall–Kier alpha value is -5.02. The van der Waals surface area contributed by atoms with Crippen molar-refractivity contribution in [2.24, 2.45) is 23.7 Å². The molecule has 11 rings (SSSR count). The number of rotatable bonds is 3. The Balaban J connectivity index is 1.02. The molecule has 0 saturated carbocycles. The Morgan fingerprint density at radius 2 is 1.49 bits per heavy atom. The normalized spacial score (nSPS) is 33.2. The second-order valence-electron chi connectivity index (χ2n) is 16.6. The SMILES string of the molecule is CC1CCC2=C(C1)OC1=C(CC(c3ccccc3)C=C1)C21C2=C(C=CC(C3C=CC4=C(C3)N(C3=CC=CCC3)C3C=CC=CC43)C2)Oc2ccccc21. The molecule has 0 bridgehead atoms. The van der Waals surface area contributed by atoms with Crippen molar-refractivity contribution in [3.63, 3.8) is 0 Å². The summed E-state index contributed by atoms with van der Waals surface area (Å²) in [5, 5.41) is 0. The fourth-order valence-corrected chi connectivity index (χ4v) is 11.3. The zero-order chi connectivity index (χ0) is 35.1. The summed E-state index contributed by atoms with van der Waals surface area (Å²) in [7, 11) is 0. The fourth-order valence-electron chi connectivity index (χ4n) is 11.3. The largest absolute Gasteiger partial charge is 0.462 e. The van der Waals surface area contributed by atoms with Gasteiger partial charge in [-0.2, -0.15) is 0 Å². The van der Waals surface area contributed by atoms with Crippen LogP contribution >= 0.6 is 0 Å². The zero-order valence-electron chi connectivity index (χ0n) is 30.6. The van der Waals surface area contributed by atoms with E-state index in [0.717, 1.165) is 62.2 Å². The van der Waals surface area contributed by atoms with Crippen LogP contribution < -0.4 is 4.74 Å². The van der Waals surface area contributed by atoms with E-state index in [9.17, 15) is 0 Å². The smallest absolute Gasteiger partial charge is 0.132 e. The highest BCUT2D eigenvalue weighted by Gasteiger charge is 2.56. The first-order chi connectivity index (χ1) is 26.2. The van der Waals surface area contributed by atoms with Crippen molar-refractivity contribution in [3.8, 4) is 5.75 Å². The molecule has 0 fully saturated rings. The molecule has 0 saturated heterocycles. The molecule has 3 heteroatoms. The molecule has 9 aliphatic rings. The predicted octanol–water partition coefficient (Wildman–Crippen LogP) is 11.7. The standard InChI is InChI=1S/C50H47NO2/c1-32-20-25-41-49(28-32)53-48-26-22-34(33-12-4-2-5-13-33)29-42(48)50(41)40-17-9-11-19-46(40)52-47-27-23-35(30-43(47)50)36-21-24-39-38-16-8-10-18-44(38)51(45(39)31-36)37-14-6-3-7-15-37/h2-6,8-14,16-19,21-24,26-27,32,34-36,38,44H,7,15,20,25,28-31H2,1H3. The molecule has 3 aliphatic heterocycles. The minimum Gasteiger partial charge on any atom is -0.462 e. The highest BCUT2D eigenvalue weighted by atomic mass is 16.5. The number of allylic oxidation sites excluding steroid dienone is 17. The zero-order valence-corrected chi connectivity index (χ0v) is 30.6. The lowest BCUT2D eigenvalue weighted by Gasteiger charge is -2.52. The van der Waals surface area contributed by atoms with E-state index in [1.165, 1.54) is 57.0 Å². The fraction of sp³-hybridized carbons (Fsp3) is 0.320. The molecule has 3 nitrogen and oxygen atoms in total. The van der Waals surface area contributed by atoms with Crippen LogP contribution in [-0.4, -0.2) is 10.9 Å². The van der Waals surface area contributed by atoms with Crippen LogP contribution in [0.25, 0.3) is 0 Å². The summed E-state index contributed by atoms with van der Waals surface area (Å²) in [5.74, 6) is 6.39. The number of nitrogens with zero attached hydrogens (tertiary/aromatic N) is 1. The van der Waals surface area contributed by atoms with Crippen LogP contribution in [0.3, 0.4) is 0 Å². The summed E-state index contributed by atoms with van der Waals surface area (Å²) in [4.78, 5) is 2.71. The Labute approximate surface area is 314 Å². The molecule has 0 aromatic heterocycles. The van der Waals surface area contributed by atoms with Gasteiger partial charge in [-0.3, -0.25) is 0 Å². The summed E-state index contributed by atoms with van der Waals surface area (Å²) in [6.07, 6.45) is 39.3. The van der Waals surface area contributed by atoms with Crippen LogP contribution in [0.5, 0.6) is 5.75 Å². The van der Waals surface area contributed by atoms with Gasteiger partial charge in [-0.05, 0) is 115 Å². The van der Waals surface area contributed by atoms with E-state index in [2.05, 4.69) is 145 Å². The third kappa shape index (κ3) is 4.78. The number of hydrogen-bond donors (Lipinski definition) is 0. The summed E-state index contributed by atoms with van der Waals surface area (Å²) < 4.78 is 14.0. The maximum absolute atomic E-state index is 7.02. The van der Waals surface area contributed by atoms with E-state index < -0.39 is 0 Å². The second kappa shape index (κ2) is 12.3. The summed E-state index contributed by atoms with van der Waals surface area (Å²) in [6.45, 7) is 2.39. The van der Waals surface area contributed by atoms with E-state index in [4.69, 9.17) is 9.47 Å². The number of benzene rings is 2. The monoisotopic (exact) mass is 693 g/mol. The molecule has 7 unspecified atom stereocenters. The second-order valence-corrected chi connectivity index (χ2v) is 16.6. The van der Waals surface area contributed by atoms with Gasteiger partial charge in [0, 0.05) is 35.2 Å². The van der Waals surface area contributed by atoms with Crippen LogP contribution in [0.1, 0.15) is 75.3 Å². The first kappa shape index (κ1) is 31.5. The molecular weight excluding hydrogens is 647 g/mol. The molecule has 1 spiro atoms. The summed E-state index contributed by atoms with van der Waals surface area (Å²) >= 11 is 0. The van der Waals surface area contributed by atoms with Gasteiger partial charge in [-0.1, -0.05) is 116 Å². The van der Waals surface area contributed by atoms with Gasteiger partial charge in [0.15, 0.2) is 0 Å². The van der Waals surface area contributed by atoms with E-state index in [1.807, 2.05) is 0 Å². The van der Waals surface area contributed by atoms with Gasteiger partial charge in [0.1, 0.15) is 23.0 Å². The van der Waals surface area contributed by atoms with Gasteiger partial charge >= 0.3 is 0 Å². The molecule has 264 valence electrons. The molecule has 53 heavy (non-hydrogen) atoms. The van der Waals surface area contributed by atoms with Crippen molar-refractivity contribution in [1.82, 2.24) is 4.90 Å². The predicted molar refractivity (Wildman–Crippen MR) is 212 cm³/mol. The topological polar surface area (TPSA) is 21.7 Å². The van der Waals surface area contributed by atoms with Crippen molar-refractivity contribution in [1.29, 1.82) is 0 Å². The third-order valence-corrected chi connectivity index (χ3v) is 13.7. The Bertz CT molecular complexity index is 2250. The molecule has 0 radical (unpaired) electrons. The number of hydrogen-bond acceptors (Lipinski definition) is 3. The van der Waals surface area contributed by atoms with Crippen LogP contribution in [0.4, 0.5) is 0 Å². The van der Waals surface area contributed by atoms with Crippen LogP contribution in [0.15, 0.2) is 185 Å². The number of fused-ring (bicyclic) bond motifs is 7. The van der Waals surface area contributed by atoms with Crippen LogP contribution in [0, 0.1) is 23.7 Å². The summed E-state index contributed by atoms with van der Waals surface area (Å²) in [5.41, 5.74) is 11.2. The third-order valence-electron chi connectivity index (χ3n) is 13.7. The van der Waals surface area contributed by atoms with Crippen molar-refractivity contribution < 1.29 is 9.47 Å². The molecule has 6 aliphatic carbocycles. The van der Waals surface area contributed by atoms with Crippen LogP contribution in [0.2, 0.25) is 0 Å². The highest BCUT2D eigenvalue weighted by molar-refractivity contribution is 5.69. The van der Waals surface area contributed by atoms with E-state index in [0.29, 0.717) is 35.6 Å². The molecule has 3 heterocycles. The molecule has 2 aromatic rings. The molecule has 7 atom stereocenters. The lowest BCUT2D eigenvalue weighted by atomic mass is 9.54. The Kier molecular flexibility index (Phi) is 7.29. The maximum atomic E-state index is 7.02. The van der Waals surface area contributed by atoms with Gasteiger partial charge in [0.25, 0.3) is 0 Å². The Morgan fingerprint density at radius 1 is 0.698 bits per heavy atom. The van der Waals surface area contributed by atoms with Gasteiger partial charge in [-0.15, -0.1) is 0 Å². The average Bonchev–Trinajstić information content (AvgIpc) is 3.55. The molecule has 0 amide bonds. The molecular formula is C50H47NO2. The number of ether oxygens (including phenoxy) is 2. The minimum atomic E-state index is -0.375. The van der Waals surface area contributed by atoms with E-state index in [-0.39, 0.29) is 5.41 Å². The van der Waals surface area contributed by atoms with Crippen molar-refractivity contribution in [2.45, 2.75) is 75.7 Å². The minimum absolute atomic E-state index is 0.296. The lowest BCUT2D eigenvalue weighted by molar-refractivity contribution is 0.220. The number of para-hydroxylation sites is 1. The quantitative estimate of drug-likeness (QED) is 0.319. The van der Waals surface area contributed by atoms with Gasteiger partial charge in [0.05, 0.1) is 11.5 Å². The van der Waals surface area contributed by atoms with Crippen LogP contribution in [-0.2, 0) is 10.2 Å². The van der Waals surface area contributed by atoms with Crippen molar-refractivity contribution in [2.75, 3.05) is 0 Å². The molecule has 2 aromatic carbocycles. The van der Waals surface area contributed by atoms with Crippen molar-refractivity contribution in [3.05, 3.63) is 196 Å². The highest BCUT2D eigenvalue weighted by Crippen LogP contribution is 2.64. The molecule has 0 N–H and O–H groups in total. The van der Waals surface area contributed by atoms with Crippen molar-refractivity contribution >= 4 is 0 Å². The van der Waals surface area contributed by atoms with Gasteiger partial charge in [-0.25, -0.2) is 0 Å².